The number of benzene rings is 1. The molecule has 2 aliphatic rings. The van der Waals surface area contributed by atoms with Gasteiger partial charge in [-0.05, 0) is 25.1 Å². The van der Waals surface area contributed by atoms with Gasteiger partial charge in [0.15, 0.2) is 0 Å². The van der Waals surface area contributed by atoms with Gasteiger partial charge in [-0.15, -0.1) is 11.6 Å². The number of aliphatic imine (C=N–C) groups is 1. The van der Waals surface area contributed by atoms with E-state index < -0.39 is 5.54 Å². The number of halogens is 2. The Morgan fingerprint density at radius 3 is 3.05 bits per heavy atom. The normalized spacial score (nSPS) is 29.9. The highest BCUT2D eigenvalue weighted by Crippen LogP contribution is 2.47. The molecule has 2 heterocycles. The third-order valence-electron chi connectivity index (χ3n) is 3.86. The molecule has 6 heteroatoms. The highest BCUT2D eigenvalue weighted by molar-refractivity contribution is 9.10. The van der Waals surface area contributed by atoms with Crippen LogP contribution in [0, 0.1) is 0 Å². The Morgan fingerprint density at radius 1 is 1.55 bits per heavy atom. The minimum atomic E-state index is -0.395. The fraction of sp³-hybridized carbons (Fsp3) is 0.500. The minimum absolute atomic E-state index is 0.0833. The van der Waals surface area contributed by atoms with E-state index in [0.717, 1.165) is 22.2 Å². The van der Waals surface area contributed by atoms with Crippen LogP contribution in [0.4, 0.5) is 0 Å². The number of ether oxygens (including phenoxy) is 2. The van der Waals surface area contributed by atoms with Crippen molar-refractivity contribution in [2.45, 2.75) is 36.8 Å². The SMILES string of the molecule is C[C@H](Cl)C1C[C@]2(CCOC(N)=N2)c2cc(Br)ccc2O1. The van der Waals surface area contributed by atoms with E-state index >= 15 is 0 Å². The zero-order chi connectivity index (χ0) is 14.3. The molecule has 0 aliphatic carbocycles. The highest BCUT2D eigenvalue weighted by atomic mass is 79.9. The van der Waals surface area contributed by atoms with E-state index in [1.165, 1.54) is 0 Å². The van der Waals surface area contributed by atoms with Gasteiger partial charge in [0.1, 0.15) is 17.4 Å². The molecule has 20 heavy (non-hydrogen) atoms. The van der Waals surface area contributed by atoms with E-state index in [-0.39, 0.29) is 17.5 Å². The second kappa shape index (κ2) is 5.11. The zero-order valence-corrected chi connectivity index (χ0v) is 13.4. The molecule has 0 fully saturated rings. The van der Waals surface area contributed by atoms with Crippen LogP contribution in [0.5, 0.6) is 5.75 Å². The maximum Gasteiger partial charge on any atom is 0.282 e. The summed E-state index contributed by atoms with van der Waals surface area (Å²) in [7, 11) is 0. The van der Waals surface area contributed by atoms with Gasteiger partial charge in [0, 0.05) is 22.9 Å². The van der Waals surface area contributed by atoms with Gasteiger partial charge in [0.25, 0.3) is 6.02 Å². The molecule has 3 rings (SSSR count). The van der Waals surface area contributed by atoms with Gasteiger partial charge >= 0.3 is 0 Å². The summed E-state index contributed by atoms with van der Waals surface area (Å²) in [5.41, 5.74) is 6.45. The Hall–Kier alpha value is -0.940. The molecule has 2 N–H and O–H groups in total. The molecule has 0 radical (unpaired) electrons. The van der Waals surface area contributed by atoms with Gasteiger partial charge in [-0.2, -0.15) is 0 Å². The topological polar surface area (TPSA) is 56.8 Å². The minimum Gasteiger partial charge on any atom is -0.488 e. The maximum atomic E-state index is 6.25. The van der Waals surface area contributed by atoms with Crippen LogP contribution in [0.2, 0.25) is 0 Å². The first-order chi connectivity index (χ1) is 9.50. The smallest absolute Gasteiger partial charge is 0.282 e. The number of nitrogens with two attached hydrogens (primary N) is 1. The molecule has 1 spiro atoms. The molecule has 3 atom stereocenters. The van der Waals surface area contributed by atoms with E-state index in [1.54, 1.807) is 0 Å². The van der Waals surface area contributed by atoms with Gasteiger partial charge in [-0.25, -0.2) is 4.99 Å². The molecule has 2 aliphatic heterocycles. The molecule has 1 unspecified atom stereocenters. The number of fused-ring (bicyclic) bond motifs is 2. The van der Waals surface area contributed by atoms with Crippen molar-refractivity contribution in [1.29, 1.82) is 0 Å². The fourth-order valence-electron chi connectivity index (χ4n) is 2.84. The maximum absolute atomic E-state index is 6.25. The Balaban J connectivity index is 2.13. The van der Waals surface area contributed by atoms with E-state index in [4.69, 9.17) is 26.8 Å². The molecule has 4 nitrogen and oxygen atoms in total. The molecule has 0 saturated carbocycles. The molecule has 0 aromatic heterocycles. The van der Waals surface area contributed by atoms with Gasteiger partial charge in [-0.1, -0.05) is 15.9 Å². The summed E-state index contributed by atoms with van der Waals surface area (Å²) in [5, 5.41) is -0.0945. The summed E-state index contributed by atoms with van der Waals surface area (Å²) < 4.78 is 12.3. The van der Waals surface area contributed by atoms with Crippen molar-refractivity contribution < 1.29 is 9.47 Å². The Bertz CT molecular complexity index is 564. The Morgan fingerprint density at radius 2 is 2.35 bits per heavy atom. The zero-order valence-electron chi connectivity index (χ0n) is 11.1. The van der Waals surface area contributed by atoms with Crippen LogP contribution >= 0.6 is 27.5 Å². The third kappa shape index (κ3) is 2.37. The molecule has 0 saturated heterocycles. The first-order valence-corrected chi connectivity index (χ1v) is 7.82. The summed E-state index contributed by atoms with van der Waals surface area (Å²) in [6, 6.07) is 6.20. The average Bonchev–Trinajstić information content (AvgIpc) is 2.39. The van der Waals surface area contributed by atoms with E-state index in [9.17, 15) is 0 Å². The third-order valence-corrected chi connectivity index (χ3v) is 4.64. The van der Waals surface area contributed by atoms with Gasteiger partial charge < -0.3 is 15.2 Å². The Kier molecular flexibility index (Phi) is 3.58. The quantitative estimate of drug-likeness (QED) is 0.784. The number of rotatable bonds is 1. The standard InChI is InChI=1S/C14H16BrClN2O2/c1-8(16)12-7-14(4-5-19-13(17)18-14)10-6-9(15)2-3-11(10)20-12/h2-3,6,8,12H,4-5,7H2,1H3,(H2,17,18)/t8-,12?,14+/m0/s1. The lowest BCUT2D eigenvalue weighted by Crippen LogP contribution is -2.45. The summed E-state index contributed by atoms with van der Waals surface area (Å²) in [5.74, 6) is 0.829. The number of hydrogen-bond acceptors (Lipinski definition) is 4. The highest BCUT2D eigenvalue weighted by Gasteiger charge is 2.45. The predicted octanol–water partition coefficient (Wildman–Crippen LogP) is 3.16. The van der Waals surface area contributed by atoms with Crippen LogP contribution in [0.15, 0.2) is 27.7 Å². The number of alkyl halides is 1. The van der Waals surface area contributed by atoms with Gasteiger partial charge in [-0.3, -0.25) is 0 Å². The van der Waals surface area contributed by atoms with Crippen molar-refractivity contribution in [2.75, 3.05) is 6.61 Å². The second-order valence-electron chi connectivity index (χ2n) is 5.26. The van der Waals surface area contributed by atoms with E-state index in [1.807, 2.05) is 25.1 Å². The molecular weight excluding hydrogens is 344 g/mol. The van der Waals surface area contributed by atoms with Crippen molar-refractivity contribution >= 4 is 33.6 Å². The van der Waals surface area contributed by atoms with Crippen LogP contribution in [-0.2, 0) is 10.3 Å². The van der Waals surface area contributed by atoms with Crippen molar-refractivity contribution in [1.82, 2.24) is 0 Å². The molecule has 108 valence electrons. The van der Waals surface area contributed by atoms with E-state index in [2.05, 4.69) is 20.9 Å². The number of nitrogens with zero attached hydrogens (tertiary/aromatic N) is 1. The monoisotopic (exact) mass is 358 g/mol. The van der Waals surface area contributed by atoms with Crippen molar-refractivity contribution in [3.63, 3.8) is 0 Å². The van der Waals surface area contributed by atoms with E-state index in [0.29, 0.717) is 13.0 Å². The molecule has 0 bridgehead atoms. The van der Waals surface area contributed by atoms with Crippen LogP contribution in [0.3, 0.4) is 0 Å². The second-order valence-corrected chi connectivity index (χ2v) is 6.86. The van der Waals surface area contributed by atoms with Gasteiger partial charge in [0.2, 0.25) is 0 Å². The van der Waals surface area contributed by atoms with Crippen molar-refractivity contribution in [3.05, 3.63) is 28.2 Å². The van der Waals surface area contributed by atoms with Crippen LogP contribution < -0.4 is 10.5 Å². The van der Waals surface area contributed by atoms with Crippen molar-refractivity contribution in [2.24, 2.45) is 10.7 Å². The summed E-state index contributed by atoms with van der Waals surface area (Å²) in [6.07, 6.45) is 1.41. The lowest BCUT2D eigenvalue weighted by atomic mass is 9.79. The molecule has 1 aromatic rings. The van der Waals surface area contributed by atoms with Crippen LogP contribution in [0.1, 0.15) is 25.3 Å². The first-order valence-electron chi connectivity index (χ1n) is 6.59. The molecule has 0 amide bonds. The average molecular weight is 360 g/mol. The number of hydrogen-bond donors (Lipinski definition) is 1. The summed E-state index contributed by atoms with van der Waals surface area (Å²) in [6.45, 7) is 2.50. The van der Waals surface area contributed by atoms with Crippen LogP contribution in [-0.4, -0.2) is 24.1 Å². The Labute approximate surface area is 131 Å². The lowest BCUT2D eigenvalue weighted by Gasteiger charge is -2.42. The first kappa shape index (κ1) is 14.0. The van der Waals surface area contributed by atoms with Gasteiger partial charge in [0.05, 0.1) is 12.0 Å². The predicted molar refractivity (Wildman–Crippen MR) is 82.4 cm³/mol. The lowest BCUT2D eigenvalue weighted by molar-refractivity contribution is 0.0960. The van der Waals surface area contributed by atoms with Crippen LogP contribution in [0.25, 0.3) is 0 Å². The van der Waals surface area contributed by atoms with Crippen molar-refractivity contribution in [3.8, 4) is 5.75 Å². The summed E-state index contributed by atoms with van der Waals surface area (Å²) in [4.78, 5) is 4.60. The molecular formula is C14H16BrClN2O2. The molecule has 1 aromatic carbocycles. The number of amidine groups is 1. The largest absolute Gasteiger partial charge is 0.488 e. The fourth-order valence-corrected chi connectivity index (χ4v) is 3.34. The summed E-state index contributed by atoms with van der Waals surface area (Å²) >= 11 is 9.75.